The smallest absolute Gasteiger partial charge is 0.231 e. The molecule has 6 heteroatoms. The summed E-state index contributed by atoms with van der Waals surface area (Å²) in [6, 6.07) is 23.6. The SMILES string of the molecule is CCCCN(Cn1ccnc1)C(Cc1ccc2c(c1)OCO2)(c1ccccc1)c1ccc(F)cc1. The lowest BCUT2D eigenvalue weighted by molar-refractivity contribution is 0.0813. The summed E-state index contributed by atoms with van der Waals surface area (Å²) < 4.78 is 27.4. The van der Waals surface area contributed by atoms with Gasteiger partial charge in [-0.25, -0.2) is 9.37 Å². The molecule has 1 aliphatic heterocycles. The summed E-state index contributed by atoms with van der Waals surface area (Å²) in [5.41, 5.74) is 2.76. The summed E-state index contributed by atoms with van der Waals surface area (Å²) in [5.74, 6) is 1.29. The van der Waals surface area contributed by atoms with Crippen molar-refractivity contribution in [3.8, 4) is 11.5 Å². The van der Waals surface area contributed by atoms with Gasteiger partial charge in [-0.3, -0.25) is 4.90 Å². The summed E-state index contributed by atoms with van der Waals surface area (Å²) in [7, 11) is 0. The Morgan fingerprint density at radius 2 is 1.74 bits per heavy atom. The molecule has 3 aromatic carbocycles. The van der Waals surface area contributed by atoms with Crippen LogP contribution in [0.3, 0.4) is 0 Å². The van der Waals surface area contributed by atoms with E-state index >= 15 is 0 Å². The van der Waals surface area contributed by atoms with Crippen molar-refractivity contribution in [3.05, 3.63) is 114 Å². The number of rotatable bonds is 10. The van der Waals surface area contributed by atoms with Crippen molar-refractivity contribution >= 4 is 0 Å². The van der Waals surface area contributed by atoms with Gasteiger partial charge >= 0.3 is 0 Å². The highest BCUT2D eigenvalue weighted by Crippen LogP contribution is 2.42. The van der Waals surface area contributed by atoms with Crippen molar-refractivity contribution in [1.82, 2.24) is 14.5 Å². The van der Waals surface area contributed by atoms with E-state index in [1.54, 1.807) is 18.3 Å². The van der Waals surface area contributed by atoms with E-state index in [0.29, 0.717) is 13.1 Å². The van der Waals surface area contributed by atoms with Crippen LogP contribution in [0.25, 0.3) is 0 Å². The maximum Gasteiger partial charge on any atom is 0.231 e. The highest BCUT2D eigenvalue weighted by atomic mass is 19.1. The lowest BCUT2D eigenvalue weighted by Crippen LogP contribution is -2.50. The van der Waals surface area contributed by atoms with Gasteiger partial charge in [0.25, 0.3) is 0 Å². The Morgan fingerprint density at radius 3 is 2.49 bits per heavy atom. The van der Waals surface area contributed by atoms with E-state index in [1.807, 2.05) is 36.8 Å². The number of ether oxygens (including phenoxy) is 2. The lowest BCUT2D eigenvalue weighted by atomic mass is 9.76. The Hall–Kier alpha value is -3.64. The average molecular weight is 472 g/mol. The number of aromatic nitrogens is 2. The molecule has 2 heterocycles. The Balaban J connectivity index is 1.70. The molecule has 1 atom stereocenters. The first-order valence-corrected chi connectivity index (χ1v) is 12.1. The van der Waals surface area contributed by atoms with E-state index < -0.39 is 5.54 Å². The molecule has 1 aliphatic rings. The van der Waals surface area contributed by atoms with Gasteiger partial charge in [-0.15, -0.1) is 0 Å². The van der Waals surface area contributed by atoms with E-state index in [2.05, 4.69) is 57.8 Å². The fourth-order valence-corrected chi connectivity index (χ4v) is 4.93. The number of hydrogen-bond acceptors (Lipinski definition) is 4. The molecular formula is C29H30FN3O2. The van der Waals surface area contributed by atoms with Crippen molar-refractivity contribution < 1.29 is 13.9 Å². The zero-order valence-corrected chi connectivity index (χ0v) is 19.9. The van der Waals surface area contributed by atoms with Crippen LogP contribution in [0.4, 0.5) is 4.39 Å². The second-order valence-corrected chi connectivity index (χ2v) is 8.93. The van der Waals surface area contributed by atoms with E-state index in [-0.39, 0.29) is 12.6 Å². The number of imidazole rings is 1. The topological polar surface area (TPSA) is 39.5 Å². The molecule has 0 radical (unpaired) electrons. The van der Waals surface area contributed by atoms with E-state index in [1.165, 1.54) is 0 Å². The number of unbranched alkanes of at least 4 members (excludes halogenated alkanes) is 1. The first-order chi connectivity index (χ1) is 17.2. The van der Waals surface area contributed by atoms with E-state index in [4.69, 9.17) is 9.47 Å². The van der Waals surface area contributed by atoms with Crippen LogP contribution in [0.1, 0.15) is 36.5 Å². The van der Waals surface area contributed by atoms with Gasteiger partial charge in [-0.2, -0.15) is 0 Å². The van der Waals surface area contributed by atoms with Crippen molar-refractivity contribution in [2.75, 3.05) is 13.3 Å². The lowest BCUT2D eigenvalue weighted by Gasteiger charge is -2.45. The molecule has 5 nitrogen and oxygen atoms in total. The molecule has 0 saturated heterocycles. The maximum atomic E-state index is 14.1. The molecule has 0 amide bonds. The first kappa shape index (κ1) is 23.1. The minimum atomic E-state index is -0.553. The quantitative estimate of drug-likeness (QED) is 0.285. The van der Waals surface area contributed by atoms with Crippen LogP contribution in [-0.4, -0.2) is 27.8 Å². The third-order valence-electron chi connectivity index (χ3n) is 6.68. The van der Waals surface area contributed by atoms with Crippen LogP contribution >= 0.6 is 0 Å². The summed E-state index contributed by atoms with van der Waals surface area (Å²) in [6.07, 6.45) is 8.42. The maximum absolute atomic E-state index is 14.1. The molecule has 0 N–H and O–H groups in total. The zero-order valence-electron chi connectivity index (χ0n) is 19.9. The zero-order chi connectivity index (χ0) is 24.1. The Bertz CT molecular complexity index is 1230. The molecule has 0 bridgehead atoms. The van der Waals surface area contributed by atoms with Gasteiger partial charge in [0.2, 0.25) is 6.79 Å². The minimum Gasteiger partial charge on any atom is -0.454 e. The van der Waals surface area contributed by atoms with Gasteiger partial charge < -0.3 is 14.0 Å². The molecule has 4 aromatic rings. The van der Waals surface area contributed by atoms with Crippen molar-refractivity contribution in [2.24, 2.45) is 0 Å². The predicted molar refractivity (Wildman–Crippen MR) is 134 cm³/mol. The number of benzene rings is 3. The third-order valence-corrected chi connectivity index (χ3v) is 6.68. The van der Waals surface area contributed by atoms with Crippen molar-refractivity contribution in [2.45, 2.75) is 38.4 Å². The van der Waals surface area contributed by atoms with E-state index in [0.717, 1.165) is 47.6 Å². The van der Waals surface area contributed by atoms with Crippen LogP contribution in [0, 0.1) is 5.82 Å². The molecule has 0 fully saturated rings. The van der Waals surface area contributed by atoms with Crippen molar-refractivity contribution in [1.29, 1.82) is 0 Å². The molecule has 5 rings (SSSR count). The molecule has 1 unspecified atom stereocenters. The van der Waals surface area contributed by atoms with Gasteiger partial charge in [0.1, 0.15) is 5.82 Å². The standard InChI is InChI=1S/C29H30FN3O2/c1-2-3-16-33(21-32-17-15-31-20-32)29(24-7-5-4-6-8-24,25-10-12-26(30)13-11-25)19-23-9-14-27-28(18-23)35-22-34-27/h4-15,17-18,20H,2-3,16,19,21-22H2,1H3. The first-order valence-electron chi connectivity index (χ1n) is 12.1. The van der Waals surface area contributed by atoms with Crippen LogP contribution in [0.5, 0.6) is 11.5 Å². The molecule has 180 valence electrons. The number of halogens is 1. The highest BCUT2D eigenvalue weighted by Gasteiger charge is 2.40. The minimum absolute atomic E-state index is 0.240. The van der Waals surface area contributed by atoms with Gasteiger partial charge in [0, 0.05) is 18.9 Å². The largest absolute Gasteiger partial charge is 0.454 e. The Morgan fingerprint density at radius 1 is 0.971 bits per heavy atom. The Kier molecular flexibility index (Phi) is 6.82. The predicted octanol–water partition coefficient (Wildman–Crippen LogP) is 6.00. The molecule has 0 saturated carbocycles. The summed E-state index contributed by atoms with van der Waals surface area (Å²) >= 11 is 0. The fraction of sp³-hybridized carbons (Fsp3) is 0.276. The second-order valence-electron chi connectivity index (χ2n) is 8.93. The number of fused-ring (bicyclic) bond motifs is 1. The summed E-state index contributed by atoms with van der Waals surface area (Å²) in [6.45, 7) is 3.96. The van der Waals surface area contributed by atoms with Gasteiger partial charge in [0.05, 0.1) is 18.5 Å². The number of nitrogens with zero attached hydrogens (tertiary/aromatic N) is 3. The number of hydrogen-bond donors (Lipinski definition) is 0. The molecular weight excluding hydrogens is 441 g/mol. The summed E-state index contributed by atoms with van der Waals surface area (Å²) in [4.78, 5) is 6.77. The Labute approximate surface area is 205 Å². The monoisotopic (exact) mass is 471 g/mol. The van der Waals surface area contributed by atoms with Crippen LogP contribution < -0.4 is 9.47 Å². The van der Waals surface area contributed by atoms with Gasteiger partial charge in [-0.1, -0.05) is 61.9 Å². The van der Waals surface area contributed by atoms with Crippen molar-refractivity contribution in [3.63, 3.8) is 0 Å². The van der Waals surface area contributed by atoms with Gasteiger partial charge in [0.15, 0.2) is 11.5 Å². The second kappa shape index (κ2) is 10.3. The third kappa shape index (κ3) is 4.80. The van der Waals surface area contributed by atoms with Crippen LogP contribution in [0.15, 0.2) is 91.5 Å². The normalized spacial score (nSPS) is 14.3. The molecule has 35 heavy (non-hydrogen) atoms. The molecule has 0 spiro atoms. The molecule has 1 aromatic heterocycles. The molecule has 0 aliphatic carbocycles. The summed E-state index contributed by atoms with van der Waals surface area (Å²) in [5, 5.41) is 0. The van der Waals surface area contributed by atoms with Crippen LogP contribution in [0.2, 0.25) is 0 Å². The average Bonchev–Trinajstić information content (AvgIpc) is 3.58. The van der Waals surface area contributed by atoms with Gasteiger partial charge in [-0.05, 0) is 53.8 Å². The van der Waals surface area contributed by atoms with Crippen LogP contribution in [-0.2, 0) is 18.6 Å². The fourth-order valence-electron chi connectivity index (χ4n) is 4.93. The highest BCUT2D eigenvalue weighted by molar-refractivity contribution is 5.47. The van der Waals surface area contributed by atoms with E-state index in [9.17, 15) is 4.39 Å².